The molecule has 1 unspecified atom stereocenters. The first kappa shape index (κ1) is 21.0. The second-order valence-corrected chi connectivity index (χ2v) is 10.2. The van der Waals surface area contributed by atoms with E-state index in [1.54, 1.807) is 0 Å². The van der Waals surface area contributed by atoms with E-state index in [0.29, 0.717) is 17.9 Å². The highest BCUT2D eigenvalue weighted by atomic mass is 16.5. The maximum atomic E-state index is 5.56. The highest BCUT2D eigenvalue weighted by molar-refractivity contribution is 5.84. The average Bonchev–Trinajstić information content (AvgIpc) is 3.40. The largest absolute Gasteiger partial charge is 0.381 e. The molecular weight excluding hydrogens is 410 g/mol. The molecular formula is C27H35N5O. The molecule has 6 rings (SSSR count). The van der Waals surface area contributed by atoms with Crippen LogP contribution in [0, 0.1) is 0 Å². The molecule has 2 aromatic heterocycles. The van der Waals surface area contributed by atoms with Crippen molar-refractivity contribution in [2.75, 3.05) is 36.5 Å². The van der Waals surface area contributed by atoms with Gasteiger partial charge in [0, 0.05) is 62.1 Å². The number of hydrogen-bond donors (Lipinski definition) is 1. The van der Waals surface area contributed by atoms with Crippen LogP contribution in [0.3, 0.4) is 0 Å². The zero-order valence-corrected chi connectivity index (χ0v) is 19.9. The number of nitrogens with zero attached hydrogens (tertiary/aromatic N) is 4. The molecule has 0 saturated carbocycles. The molecule has 6 nitrogen and oxygen atoms in total. The van der Waals surface area contributed by atoms with E-state index in [1.165, 1.54) is 34.1 Å². The molecule has 1 aromatic carbocycles. The van der Waals surface area contributed by atoms with E-state index in [-0.39, 0.29) is 0 Å². The van der Waals surface area contributed by atoms with Gasteiger partial charge in [0.15, 0.2) is 0 Å². The number of anilines is 2. The highest BCUT2D eigenvalue weighted by Gasteiger charge is 2.30. The third-order valence-electron chi connectivity index (χ3n) is 8.03. The Morgan fingerprint density at radius 2 is 1.79 bits per heavy atom. The summed E-state index contributed by atoms with van der Waals surface area (Å²) in [5.74, 6) is 3.15. The van der Waals surface area contributed by atoms with Crippen LogP contribution in [-0.2, 0) is 18.2 Å². The summed E-state index contributed by atoms with van der Waals surface area (Å²) in [5.41, 5.74) is 5.45. The van der Waals surface area contributed by atoms with Crippen molar-refractivity contribution < 1.29 is 4.74 Å². The highest BCUT2D eigenvalue weighted by Crippen LogP contribution is 2.39. The molecule has 2 aliphatic heterocycles. The molecule has 3 aliphatic rings. The molecule has 0 amide bonds. The lowest BCUT2D eigenvalue weighted by atomic mass is 9.89. The van der Waals surface area contributed by atoms with Crippen LogP contribution >= 0.6 is 0 Å². The van der Waals surface area contributed by atoms with Crippen LogP contribution in [0.5, 0.6) is 0 Å². The molecule has 1 atom stereocenters. The van der Waals surface area contributed by atoms with E-state index >= 15 is 0 Å². The Kier molecular flexibility index (Phi) is 5.49. The van der Waals surface area contributed by atoms with Crippen molar-refractivity contribution in [2.45, 2.75) is 63.3 Å². The van der Waals surface area contributed by atoms with Gasteiger partial charge in [0.05, 0.1) is 5.69 Å². The van der Waals surface area contributed by atoms with Gasteiger partial charge in [-0.15, -0.1) is 0 Å². The fraction of sp³-hybridized carbons (Fsp3) is 0.556. The van der Waals surface area contributed by atoms with Gasteiger partial charge in [-0.3, -0.25) is 0 Å². The Morgan fingerprint density at radius 3 is 2.61 bits per heavy atom. The van der Waals surface area contributed by atoms with Crippen LogP contribution in [0.25, 0.3) is 10.9 Å². The normalized spacial score (nSPS) is 22.1. The number of piperidine rings is 1. The van der Waals surface area contributed by atoms with Gasteiger partial charge in [-0.2, -0.15) is 4.98 Å². The Labute approximate surface area is 196 Å². The summed E-state index contributed by atoms with van der Waals surface area (Å²) >= 11 is 0. The van der Waals surface area contributed by atoms with Gasteiger partial charge < -0.3 is 19.5 Å². The molecule has 2 saturated heterocycles. The smallest absolute Gasteiger partial charge is 0.227 e. The van der Waals surface area contributed by atoms with Crippen molar-refractivity contribution in [3.8, 4) is 0 Å². The van der Waals surface area contributed by atoms with Gasteiger partial charge in [0.25, 0.3) is 0 Å². The van der Waals surface area contributed by atoms with Crippen molar-refractivity contribution in [3.63, 3.8) is 0 Å². The molecule has 1 aliphatic carbocycles. The van der Waals surface area contributed by atoms with Gasteiger partial charge in [-0.1, -0.05) is 25.1 Å². The van der Waals surface area contributed by atoms with Crippen molar-refractivity contribution in [1.29, 1.82) is 0 Å². The third-order valence-corrected chi connectivity index (χ3v) is 8.03. The quantitative estimate of drug-likeness (QED) is 0.613. The Morgan fingerprint density at radius 1 is 1.00 bits per heavy atom. The number of hydrogen-bond acceptors (Lipinski definition) is 5. The second kappa shape index (κ2) is 8.64. The number of ether oxygens (including phenoxy) is 1. The summed E-state index contributed by atoms with van der Waals surface area (Å²) in [5, 5.41) is 5.19. The molecule has 6 heteroatoms. The molecule has 0 radical (unpaired) electrons. The molecule has 33 heavy (non-hydrogen) atoms. The Hall–Kier alpha value is -2.60. The molecule has 4 heterocycles. The Balaban J connectivity index is 1.22. The minimum absolute atomic E-state index is 0.454. The summed E-state index contributed by atoms with van der Waals surface area (Å²) in [7, 11) is 2.16. The molecule has 0 bridgehead atoms. The van der Waals surface area contributed by atoms with Crippen LogP contribution in [-0.4, -0.2) is 46.9 Å². The Bertz CT molecular complexity index is 1140. The molecule has 2 fully saturated rings. The summed E-state index contributed by atoms with van der Waals surface area (Å²) in [4.78, 5) is 12.6. The second-order valence-electron chi connectivity index (χ2n) is 10.2. The maximum Gasteiger partial charge on any atom is 0.227 e. The maximum absolute atomic E-state index is 5.56. The first-order chi connectivity index (χ1) is 16.2. The lowest BCUT2D eigenvalue weighted by Gasteiger charge is -2.33. The van der Waals surface area contributed by atoms with Crippen molar-refractivity contribution >= 4 is 22.7 Å². The summed E-state index contributed by atoms with van der Waals surface area (Å²) in [6.07, 6.45) is 8.99. The number of fused-ring (bicyclic) bond motifs is 2. The number of nitrogens with one attached hydrogen (secondary N) is 1. The van der Waals surface area contributed by atoms with E-state index < -0.39 is 0 Å². The molecule has 1 N–H and O–H groups in total. The summed E-state index contributed by atoms with van der Waals surface area (Å²) in [6, 6.07) is 9.24. The van der Waals surface area contributed by atoms with E-state index in [9.17, 15) is 0 Å². The fourth-order valence-corrected chi connectivity index (χ4v) is 6.08. The predicted octanol–water partition coefficient (Wildman–Crippen LogP) is 4.99. The van der Waals surface area contributed by atoms with E-state index in [1.807, 2.05) is 0 Å². The van der Waals surface area contributed by atoms with Crippen molar-refractivity contribution in [3.05, 3.63) is 47.3 Å². The molecule has 0 spiro atoms. The zero-order chi connectivity index (χ0) is 22.4. The van der Waals surface area contributed by atoms with E-state index in [0.717, 1.165) is 70.2 Å². The van der Waals surface area contributed by atoms with Gasteiger partial charge in [0.1, 0.15) is 5.82 Å². The van der Waals surface area contributed by atoms with Gasteiger partial charge in [-0.25, -0.2) is 4.98 Å². The average molecular weight is 446 g/mol. The van der Waals surface area contributed by atoms with Crippen LogP contribution in [0.4, 0.5) is 11.8 Å². The van der Waals surface area contributed by atoms with E-state index in [4.69, 9.17) is 14.7 Å². The zero-order valence-electron chi connectivity index (χ0n) is 19.9. The minimum atomic E-state index is 0.454. The first-order valence-corrected chi connectivity index (χ1v) is 12.7. The number of aryl methyl sites for hydroxylation is 2. The van der Waals surface area contributed by atoms with Crippen molar-refractivity contribution in [2.24, 2.45) is 7.05 Å². The molecule has 3 aromatic rings. The van der Waals surface area contributed by atoms with Gasteiger partial charge in [-0.05, 0) is 62.0 Å². The van der Waals surface area contributed by atoms with Crippen LogP contribution in [0.1, 0.15) is 67.7 Å². The number of aromatic nitrogens is 3. The number of rotatable bonds is 4. The summed E-state index contributed by atoms with van der Waals surface area (Å²) in [6.45, 7) is 6.03. The topological polar surface area (TPSA) is 55.2 Å². The van der Waals surface area contributed by atoms with Crippen molar-refractivity contribution in [1.82, 2.24) is 14.5 Å². The fourth-order valence-electron chi connectivity index (χ4n) is 6.08. The summed E-state index contributed by atoms with van der Waals surface area (Å²) < 4.78 is 7.84. The lowest BCUT2D eigenvalue weighted by Crippen LogP contribution is -2.35. The van der Waals surface area contributed by atoms with Crippen LogP contribution in [0.15, 0.2) is 30.5 Å². The third kappa shape index (κ3) is 3.88. The SMILES string of the molecule is CC1CCc2nc(N3CCC(c4cn(C)c5ccccc45)CC3)nc(NC3CCOCC3)c21. The van der Waals surface area contributed by atoms with Gasteiger partial charge >= 0.3 is 0 Å². The van der Waals surface area contributed by atoms with Gasteiger partial charge in [0.2, 0.25) is 5.95 Å². The number of para-hydroxylation sites is 1. The number of benzene rings is 1. The molecule has 174 valence electrons. The standard InChI is InChI=1S/C27H35N5O/c1-18-7-8-23-25(18)26(28-20-11-15-33-16-12-20)30-27(29-23)32-13-9-19(10-14-32)22-17-31(2)24-6-4-3-5-21(22)24/h3-6,17-20H,7-16H2,1-2H3,(H,28,29,30). The van der Waals surface area contributed by atoms with Crippen LogP contribution in [0.2, 0.25) is 0 Å². The lowest BCUT2D eigenvalue weighted by molar-refractivity contribution is 0.0903. The minimum Gasteiger partial charge on any atom is -0.381 e. The first-order valence-electron chi connectivity index (χ1n) is 12.7. The van der Waals surface area contributed by atoms with E-state index in [2.05, 4.69) is 59.2 Å². The predicted molar refractivity (Wildman–Crippen MR) is 133 cm³/mol. The monoisotopic (exact) mass is 445 g/mol. The van der Waals surface area contributed by atoms with Crippen LogP contribution < -0.4 is 10.2 Å².